The topological polar surface area (TPSA) is 69.2 Å². The standard InChI is InChI=1S/C15H25N5O/c1-10(2)19(11(3)4)8-9-20-14-12(17-15(20)16)6-7-13(18-14)21-5/h6-7,10-11H,8-9H2,1-5H3,(H2,16,17). The maximum absolute atomic E-state index is 6.04. The quantitative estimate of drug-likeness (QED) is 0.883. The molecule has 21 heavy (non-hydrogen) atoms. The summed E-state index contributed by atoms with van der Waals surface area (Å²) < 4.78 is 7.14. The predicted molar refractivity (Wildman–Crippen MR) is 85.5 cm³/mol. The number of imidazole rings is 1. The van der Waals surface area contributed by atoms with Crippen molar-refractivity contribution < 1.29 is 4.74 Å². The van der Waals surface area contributed by atoms with E-state index in [4.69, 9.17) is 10.5 Å². The lowest BCUT2D eigenvalue weighted by Crippen LogP contribution is -2.39. The summed E-state index contributed by atoms with van der Waals surface area (Å²) in [6.07, 6.45) is 0. The molecule has 6 heteroatoms. The van der Waals surface area contributed by atoms with Gasteiger partial charge in [0.25, 0.3) is 0 Å². The molecule has 0 atom stereocenters. The molecule has 0 fully saturated rings. The summed E-state index contributed by atoms with van der Waals surface area (Å²) in [7, 11) is 1.61. The Morgan fingerprint density at radius 1 is 1.19 bits per heavy atom. The summed E-state index contributed by atoms with van der Waals surface area (Å²) in [5.41, 5.74) is 7.61. The fourth-order valence-corrected chi connectivity index (χ4v) is 2.66. The minimum Gasteiger partial charge on any atom is -0.481 e. The molecule has 2 N–H and O–H groups in total. The number of hydrogen-bond donors (Lipinski definition) is 1. The summed E-state index contributed by atoms with van der Waals surface area (Å²) in [6, 6.07) is 4.66. The molecule has 0 unspecified atom stereocenters. The van der Waals surface area contributed by atoms with Crippen molar-refractivity contribution in [3.63, 3.8) is 0 Å². The lowest BCUT2D eigenvalue weighted by atomic mass is 10.2. The maximum atomic E-state index is 6.04. The van der Waals surface area contributed by atoms with Crippen molar-refractivity contribution in [1.29, 1.82) is 0 Å². The Morgan fingerprint density at radius 3 is 2.43 bits per heavy atom. The van der Waals surface area contributed by atoms with Crippen LogP contribution in [0.3, 0.4) is 0 Å². The molecule has 0 aliphatic rings. The second-order valence-electron chi connectivity index (χ2n) is 5.74. The molecule has 0 radical (unpaired) electrons. The lowest BCUT2D eigenvalue weighted by Gasteiger charge is -2.30. The third-order valence-corrected chi connectivity index (χ3v) is 3.71. The number of methoxy groups -OCH3 is 1. The van der Waals surface area contributed by atoms with Gasteiger partial charge in [-0.2, -0.15) is 4.98 Å². The second kappa shape index (κ2) is 6.30. The van der Waals surface area contributed by atoms with Gasteiger partial charge in [-0.05, 0) is 33.8 Å². The highest BCUT2D eigenvalue weighted by atomic mass is 16.5. The van der Waals surface area contributed by atoms with Gasteiger partial charge >= 0.3 is 0 Å². The van der Waals surface area contributed by atoms with Crippen molar-refractivity contribution in [3.05, 3.63) is 12.1 Å². The molecular weight excluding hydrogens is 266 g/mol. The molecule has 116 valence electrons. The van der Waals surface area contributed by atoms with E-state index in [-0.39, 0.29) is 0 Å². The van der Waals surface area contributed by atoms with Gasteiger partial charge < -0.3 is 10.5 Å². The number of hydrogen-bond acceptors (Lipinski definition) is 5. The van der Waals surface area contributed by atoms with Crippen LogP contribution in [-0.2, 0) is 6.54 Å². The molecule has 0 spiro atoms. The van der Waals surface area contributed by atoms with Gasteiger partial charge in [-0.15, -0.1) is 0 Å². The highest BCUT2D eigenvalue weighted by Crippen LogP contribution is 2.19. The van der Waals surface area contributed by atoms with E-state index in [1.54, 1.807) is 13.2 Å². The Balaban J connectivity index is 2.27. The van der Waals surface area contributed by atoms with E-state index in [0.717, 1.165) is 24.3 Å². The van der Waals surface area contributed by atoms with E-state index in [9.17, 15) is 0 Å². The predicted octanol–water partition coefficient (Wildman–Crippen LogP) is 2.14. The first kappa shape index (κ1) is 15.6. The van der Waals surface area contributed by atoms with Gasteiger partial charge in [-0.3, -0.25) is 9.47 Å². The number of pyridine rings is 1. The molecule has 2 heterocycles. The van der Waals surface area contributed by atoms with Crippen molar-refractivity contribution in [3.8, 4) is 5.88 Å². The van der Waals surface area contributed by atoms with E-state index in [0.29, 0.717) is 23.9 Å². The van der Waals surface area contributed by atoms with Gasteiger partial charge in [0.15, 0.2) is 5.65 Å². The third kappa shape index (κ3) is 3.26. The molecule has 0 saturated heterocycles. The van der Waals surface area contributed by atoms with E-state index < -0.39 is 0 Å². The number of nitrogens with two attached hydrogens (primary N) is 1. The molecule has 0 bridgehead atoms. The minimum atomic E-state index is 0.489. The second-order valence-corrected chi connectivity index (χ2v) is 5.74. The average molecular weight is 291 g/mol. The van der Waals surface area contributed by atoms with Gasteiger partial charge in [-0.25, -0.2) is 4.98 Å². The van der Waals surface area contributed by atoms with Gasteiger partial charge in [-0.1, -0.05) is 0 Å². The monoisotopic (exact) mass is 291 g/mol. The lowest BCUT2D eigenvalue weighted by molar-refractivity contribution is 0.169. The SMILES string of the molecule is COc1ccc2nc(N)n(CCN(C(C)C)C(C)C)c2n1. The molecule has 6 nitrogen and oxygen atoms in total. The van der Waals surface area contributed by atoms with Crippen LogP contribution in [-0.4, -0.2) is 45.2 Å². The van der Waals surface area contributed by atoms with Crippen molar-refractivity contribution in [2.45, 2.75) is 46.3 Å². The zero-order chi connectivity index (χ0) is 15.6. The highest BCUT2D eigenvalue weighted by molar-refractivity contribution is 5.74. The maximum Gasteiger partial charge on any atom is 0.215 e. The first-order valence-electron chi connectivity index (χ1n) is 7.36. The largest absolute Gasteiger partial charge is 0.481 e. The molecular formula is C15H25N5O. The molecule has 0 aliphatic carbocycles. The van der Waals surface area contributed by atoms with Crippen LogP contribution in [0.25, 0.3) is 11.2 Å². The zero-order valence-corrected chi connectivity index (χ0v) is 13.5. The van der Waals surface area contributed by atoms with Crippen LogP contribution in [0.4, 0.5) is 5.95 Å². The minimum absolute atomic E-state index is 0.489. The Kier molecular flexibility index (Phi) is 4.67. The fourth-order valence-electron chi connectivity index (χ4n) is 2.66. The Hall–Kier alpha value is -1.82. The Morgan fingerprint density at radius 2 is 1.86 bits per heavy atom. The normalized spacial score (nSPS) is 12.0. The van der Waals surface area contributed by atoms with Crippen LogP contribution in [0, 0.1) is 0 Å². The van der Waals surface area contributed by atoms with E-state index in [1.165, 1.54) is 0 Å². The van der Waals surface area contributed by atoms with Crippen molar-refractivity contribution >= 4 is 17.1 Å². The van der Waals surface area contributed by atoms with E-state index in [1.807, 2.05) is 10.6 Å². The van der Waals surface area contributed by atoms with Gasteiger partial charge in [0.2, 0.25) is 11.8 Å². The number of rotatable bonds is 6. The number of nitrogen functional groups attached to an aromatic ring is 1. The van der Waals surface area contributed by atoms with Crippen molar-refractivity contribution in [1.82, 2.24) is 19.4 Å². The molecule has 0 aliphatic heterocycles. The number of fused-ring (bicyclic) bond motifs is 1. The van der Waals surface area contributed by atoms with Gasteiger partial charge in [0.1, 0.15) is 5.52 Å². The summed E-state index contributed by atoms with van der Waals surface area (Å²) in [5, 5.41) is 0. The van der Waals surface area contributed by atoms with Gasteiger partial charge in [0.05, 0.1) is 7.11 Å². The van der Waals surface area contributed by atoms with Crippen molar-refractivity contribution in [2.24, 2.45) is 0 Å². The first-order chi connectivity index (χ1) is 9.93. The smallest absolute Gasteiger partial charge is 0.215 e. The highest BCUT2D eigenvalue weighted by Gasteiger charge is 2.16. The van der Waals surface area contributed by atoms with Crippen LogP contribution >= 0.6 is 0 Å². The summed E-state index contributed by atoms with van der Waals surface area (Å²) in [5.74, 6) is 1.08. The Labute approximate surface area is 125 Å². The van der Waals surface area contributed by atoms with Crippen LogP contribution in [0.1, 0.15) is 27.7 Å². The summed E-state index contributed by atoms with van der Waals surface area (Å²) in [6.45, 7) is 10.5. The first-order valence-corrected chi connectivity index (χ1v) is 7.36. The number of anilines is 1. The van der Waals surface area contributed by atoms with Crippen molar-refractivity contribution in [2.75, 3.05) is 19.4 Å². The molecule has 2 aromatic heterocycles. The summed E-state index contributed by atoms with van der Waals surface area (Å²) in [4.78, 5) is 11.2. The van der Waals surface area contributed by atoms with Crippen LogP contribution in [0.2, 0.25) is 0 Å². The van der Waals surface area contributed by atoms with Gasteiger partial charge in [0, 0.05) is 31.2 Å². The van der Waals surface area contributed by atoms with Crippen LogP contribution < -0.4 is 10.5 Å². The fraction of sp³-hybridized carbons (Fsp3) is 0.600. The number of aromatic nitrogens is 3. The Bertz CT molecular complexity index is 597. The third-order valence-electron chi connectivity index (χ3n) is 3.71. The molecule has 2 rings (SSSR count). The van der Waals surface area contributed by atoms with Crippen LogP contribution in [0.15, 0.2) is 12.1 Å². The van der Waals surface area contributed by atoms with E-state index >= 15 is 0 Å². The molecule has 0 aromatic carbocycles. The number of ether oxygens (including phenoxy) is 1. The number of nitrogens with zero attached hydrogens (tertiary/aromatic N) is 4. The molecule has 0 saturated carbocycles. The zero-order valence-electron chi connectivity index (χ0n) is 13.5. The molecule has 2 aromatic rings. The van der Waals surface area contributed by atoms with Crippen LogP contribution in [0.5, 0.6) is 5.88 Å². The molecule has 0 amide bonds. The average Bonchev–Trinajstić information content (AvgIpc) is 2.73. The van der Waals surface area contributed by atoms with E-state index in [2.05, 4.69) is 42.6 Å². The summed E-state index contributed by atoms with van der Waals surface area (Å²) >= 11 is 0.